The largest absolute Gasteiger partial charge is 0.399 e. The minimum Gasteiger partial charge on any atom is -0.399 e. The average Bonchev–Trinajstić information content (AvgIpc) is 2.19. The molecule has 0 aromatic carbocycles. The summed E-state index contributed by atoms with van der Waals surface area (Å²) in [6.07, 6.45) is 4.58. The number of allylic oxidation sites excluding steroid dienone is 2. The number of rotatable bonds is 1. The van der Waals surface area contributed by atoms with Crippen LogP contribution in [0.5, 0.6) is 0 Å². The summed E-state index contributed by atoms with van der Waals surface area (Å²) in [7, 11) is 1.35. The second-order valence-corrected chi connectivity index (χ2v) is 2.46. The smallest absolute Gasteiger partial charge is 0.248 e. The third kappa shape index (κ3) is 2.24. The minimum atomic E-state index is -2.44. The van der Waals surface area contributed by atoms with E-state index in [0.29, 0.717) is 5.71 Å². The number of nitrogens with zero attached hydrogens (tertiary/aromatic N) is 1. The SMILES string of the molecule is CO/N=C1/C=CC(=O)C(O)(O)C=C1. The van der Waals surface area contributed by atoms with Crippen LogP contribution in [-0.2, 0) is 9.63 Å². The van der Waals surface area contributed by atoms with Crippen molar-refractivity contribution in [2.24, 2.45) is 5.16 Å². The Bertz CT molecular complexity index is 301. The maximum absolute atomic E-state index is 11.0. The van der Waals surface area contributed by atoms with E-state index < -0.39 is 11.6 Å². The lowest BCUT2D eigenvalue weighted by atomic mass is 10.2. The van der Waals surface area contributed by atoms with E-state index in [0.717, 1.165) is 12.2 Å². The highest BCUT2D eigenvalue weighted by Gasteiger charge is 2.28. The number of carbonyl (C=O) groups excluding carboxylic acids is 1. The first kappa shape index (κ1) is 9.63. The van der Waals surface area contributed by atoms with Gasteiger partial charge in [0.1, 0.15) is 12.8 Å². The van der Waals surface area contributed by atoms with Gasteiger partial charge in [-0.15, -0.1) is 0 Å². The molecule has 0 unspecified atom stereocenters. The zero-order chi connectivity index (χ0) is 9.90. The van der Waals surface area contributed by atoms with Gasteiger partial charge in [-0.2, -0.15) is 0 Å². The van der Waals surface area contributed by atoms with Gasteiger partial charge in [-0.05, 0) is 24.3 Å². The van der Waals surface area contributed by atoms with Gasteiger partial charge in [-0.3, -0.25) is 4.79 Å². The zero-order valence-electron chi connectivity index (χ0n) is 6.97. The highest BCUT2D eigenvalue weighted by molar-refractivity contribution is 6.11. The van der Waals surface area contributed by atoms with E-state index >= 15 is 0 Å². The molecule has 0 spiro atoms. The van der Waals surface area contributed by atoms with Crippen molar-refractivity contribution in [3.63, 3.8) is 0 Å². The molecular weight excluding hydrogens is 174 g/mol. The summed E-state index contributed by atoms with van der Waals surface area (Å²) < 4.78 is 0. The summed E-state index contributed by atoms with van der Waals surface area (Å²) in [6, 6.07) is 0. The van der Waals surface area contributed by atoms with E-state index in [1.54, 1.807) is 0 Å². The van der Waals surface area contributed by atoms with Gasteiger partial charge < -0.3 is 15.1 Å². The predicted octanol–water partition coefficient (Wildman–Crippen LogP) is -0.635. The fraction of sp³-hybridized carbons (Fsp3) is 0.250. The van der Waals surface area contributed by atoms with Crippen LogP contribution < -0.4 is 0 Å². The molecule has 0 saturated carbocycles. The number of ketones is 1. The maximum atomic E-state index is 11.0. The Morgan fingerprint density at radius 1 is 1.38 bits per heavy atom. The molecule has 0 aromatic rings. The third-order valence-electron chi connectivity index (χ3n) is 1.45. The van der Waals surface area contributed by atoms with E-state index in [9.17, 15) is 4.79 Å². The van der Waals surface area contributed by atoms with Gasteiger partial charge in [0.05, 0.1) is 0 Å². The number of aliphatic hydroxyl groups is 2. The monoisotopic (exact) mass is 183 g/mol. The van der Waals surface area contributed by atoms with Crippen LogP contribution in [0.4, 0.5) is 0 Å². The molecule has 13 heavy (non-hydrogen) atoms. The van der Waals surface area contributed by atoms with Crippen molar-refractivity contribution >= 4 is 11.5 Å². The van der Waals surface area contributed by atoms with Gasteiger partial charge in [0.2, 0.25) is 11.6 Å². The number of hydrogen-bond donors (Lipinski definition) is 2. The van der Waals surface area contributed by atoms with Crippen molar-refractivity contribution in [3.05, 3.63) is 24.3 Å². The van der Waals surface area contributed by atoms with E-state index in [2.05, 4.69) is 9.99 Å². The van der Waals surface area contributed by atoms with Crippen molar-refractivity contribution in [2.45, 2.75) is 5.79 Å². The minimum absolute atomic E-state index is 0.334. The lowest BCUT2D eigenvalue weighted by molar-refractivity contribution is -0.159. The number of hydrogen-bond acceptors (Lipinski definition) is 5. The van der Waals surface area contributed by atoms with Gasteiger partial charge >= 0.3 is 0 Å². The van der Waals surface area contributed by atoms with Crippen LogP contribution in [0.1, 0.15) is 0 Å². The van der Waals surface area contributed by atoms with Gasteiger partial charge in [-0.25, -0.2) is 0 Å². The molecule has 0 saturated heterocycles. The molecule has 0 radical (unpaired) electrons. The van der Waals surface area contributed by atoms with Crippen molar-refractivity contribution in [2.75, 3.05) is 7.11 Å². The summed E-state index contributed by atoms with van der Waals surface area (Å²) >= 11 is 0. The third-order valence-corrected chi connectivity index (χ3v) is 1.45. The molecule has 1 aliphatic rings. The quantitative estimate of drug-likeness (QED) is 0.419. The second-order valence-electron chi connectivity index (χ2n) is 2.46. The van der Waals surface area contributed by atoms with E-state index in [-0.39, 0.29) is 0 Å². The standard InChI is InChI=1S/C8H9NO4/c1-13-9-6-2-3-7(10)8(11,12)5-4-6/h2-5,11-12H,1H3/b9-6-. The average molecular weight is 183 g/mol. The number of carbonyl (C=O) groups is 1. The molecule has 0 amide bonds. The molecule has 70 valence electrons. The molecule has 1 rings (SSSR count). The molecule has 0 heterocycles. The summed E-state index contributed by atoms with van der Waals surface area (Å²) in [5.41, 5.74) is 0.334. The normalized spacial score (nSPS) is 23.3. The Balaban J connectivity index is 2.99. The van der Waals surface area contributed by atoms with Crippen LogP contribution in [0.25, 0.3) is 0 Å². The van der Waals surface area contributed by atoms with Gasteiger partial charge in [0, 0.05) is 0 Å². The fourth-order valence-corrected chi connectivity index (χ4v) is 0.789. The topological polar surface area (TPSA) is 79.1 Å². The lowest BCUT2D eigenvalue weighted by Gasteiger charge is -2.10. The highest BCUT2D eigenvalue weighted by atomic mass is 16.6. The second kappa shape index (κ2) is 3.51. The van der Waals surface area contributed by atoms with Crippen LogP contribution in [-0.4, -0.2) is 34.6 Å². The molecule has 5 heteroatoms. The lowest BCUT2D eigenvalue weighted by Crippen LogP contribution is -2.34. The van der Waals surface area contributed by atoms with Gasteiger partial charge in [-0.1, -0.05) is 5.16 Å². The summed E-state index contributed by atoms with van der Waals surface area (Å²) in [6.45, 7) is 0. The fourth-order valence-electron chi connectivity index (χ4n) is 0.789. The van der Waals surface area contributed by atoms with Crippen molar-refractivity contribution < 1.29 is 19.8 Å². The first-order valence-corrected chi connectivity index (χ1v) is 3.54. The number of oxime groups is 1. The van der Waals surface area contributed by atoms with Crippen molar-refractivity contribution in [1.82, 2.24) is 0 Å². The molecule has 5 nitrogen and oxygen atoms in total. The molecule has 0 aromatic heterocycles. The van der Waals surface area contributed by atoms with Crippen LogP contribution >= 0.6 is 0 Å². The highest BCUT2D eigenvalue weighted by Crippen LogP contribution is 2.08. The van der Waals surface area contributed by atoms with Crippen LogP contribution in [0.15, 0.2) is 29.5 Å². The van der Waals surface area contributed by atoms with Crippen LogP contribution in [0.3, 0.4) is 0 Å². The Morgan fingerprint density at radius 2 is 2.08 bits per heavy atom. The Labute approximate surface area is 74.6 Å². The summed E-state index contributed by atoms with van der Waals surface area (Å²) in [5, 5.41) is 21.7. The Kier molecular flexibility index (Phi) is 2.60. The molecule has 0 fully saturated rings. The van der Waals surface area contributed by atoms with Crippen LogP contribution in [0.2, 0.25) is 0 Å². The summed E-state index contributed by atoms with van der Waals surface area (Å²) in [5.74, 6) is -3.26. The van der Waals surface area contributed by atoms with Crippen molar-refractivity contribution in [1.29, 1.82) is 0 Å². The maximum Gasteiger partial charge on any atom is 0.248 e. The van der Waals surface area contributed by atoms with Gasteiger partial charge in [0.25, 0.3) is 0 Å². The molecular formula is C8H9NO4. The Morgan fingerprint density at radius 3 is 2.69 bits per heavy atom. The first-order valence-electron chi connectivity index (χ1n) is 3.54. The molecule has 1 aliphatic carbocycles. The van der Waals surface area contributed by atoms with Gasteiger partial charge in [0.15, 0.2) is 0 Å². The molecule has 2 N–H and O–H groups in total. The zero-order valence-corrected chi connectivity index (χ0v) is 6.97. The summed E-state index contributed by atoms with van der Waals surface area (Å²) in [4.78, 5) is 15.4. The van der Waals surface area contributed by atoms with E-state index in [1.165, 1.54) is 19.3 Å². The van der Waals surface area contributed by atoms with Crippen molar-refractivity contribution in [3.8, 4) is 0 Å². The first-order chi connectivity index (χ1) is 6.06. The van der Waals surface area contributed by atoms with Crippen LogP contribution in [0, 0.1) is 0 Å². The van der Waals surface area contributed by atoms with E-state index in [4.69, 9.17) is 10.2 Å². The molecule has 0 bridgehead atoms. The van der Waals surface area contributed by atoms with E-state index in [1.807, 2.05) is 0 Å². The Hall–Kier alpha value is -1.46. The predicted molar refractivity (Wildman–Crippen MR) is 44.9 cm³/mol. The molecule has 0 atom stereocenters. The molecule has 0 aliphatic heterocycles.